The molecule has 1 atom stereocenters. The molecule has 2 aromatic rings. The van der Waals surface area contributed by atoms with Crippen LogP contribution >= 0.6 is 23.2 Å². The Bertz CT molecular complexity index is 1320. The van der Waals surface area contributed by atoms with Gasteiger partial charge in [-0.25, -0.2) is 9.18 Å². The molecule has 2 aromatic carbocycles. The Labute approximate surface area is 257 Å². The molecular weight excluding hydrogens is 578 g/mol. The molecular formula is C32H39Cl2FN4O3. The number of benzene rings is 2. The minimum Gasteiger partial charge on any atom is -0.437 e. The quantitative estimate of drug-likeness (QED) is 0.383. The fraction of sp³-hybridized carbons (Fsp3) is 0.562. The lowest BCUT2D eigenvalue weighted by Gasteiger charge is -2.46. The third kappa shape index (κ3) is 5.88. The van der Waals surface area contributed by atoms with Crippen LogP contribution in [0.1, 0.15) is 62.0 Å². The SMILES string of the molecule is CN1C(=O)OC2(CCN(CCC(C(=O)N3CCN(C4CCCC4)CC3)c3ccc(Cl)c(Cl)c3)CC2)c2cc(F)ccc21. The van der Waals surface area contributed by atoms with E-state index in [-0.39, 0.29) is 17.6 Å². The van der Waals surface area contributed by atoms with Crippen LogP contribution in [0.5, 0.6) is 0 Å². The predicted molar refractivity (Wildman–Crippen MR) is 163 cm³/mol. The summed E-state index contributed by atoms with van der Waals surface area (Å²) in [6.45, 7) is 5.40. The molecule has 7 nitrogen and oxygen atoms in total. The van der Waals surface area contributed by atoms with Crippen molar-refractivity contribution >= 4 is 40.9 Å². The molecule has 3 aliphatic heterocycles. The average molecular weight is 618 g/mol. The summed E-state index contributed by atoms with van der Waals surface area (Å²) >= 11 is 12.6. The highest BCUT2D eigenvalue weighted by atomic mass is 35.5. The lowest BCUT2D eigenvalue weighted by molar-refractivity contribution is -0.135. The van der Waals surface area contributed by atoms with Crippen molar-refractivity contribution in [2.24, 2.45) is 0 Å². The highest BCUT2D eigenvalue weighted by Crippen LogP contribution is 2.45. The molecule has 2 saturated heterocycles. The Morgan fingerprint density at radius 1 is 1.00 bits per heavy atom. The molecule has 4 aliphatic rings. The third-order valence-electron chi connectivity index (χ3n) is 9.88. The Morgan fingerprint density at radius 3 is 2.40 bits per heavy atom. The van der Waals surface area contributed by atoms with E-state index in [0.717, 1.165) is 37.3 Å². The molecule has 10 heteroatoms. The number of ether oxygens (including phenoxy) is 1. The summed E-state index contributed by atoms with van der Waals surface area (Å²) in [6, 6.07) is 10.7. The Morgan fingerprint density at radius 2 is 1.71 bits per heavy atom. The second-order valence-corrected chi connectivity index (χ2v) is 13.1. The second kappa shape index (κ2) is 12.3. The largest absolute Gasteiger partial charge is 0.437 e. The molecule has 0 N–H and O–H groups in total. The van der Waals surface area contributed by atoms with E-state index in [1.807, 2.05) is 17.0 Å². The molecule has 0 bridgehead atoms. The Kier molecular flexibility index (Phi) is 8.70. The fourth-order valence-electron chi connectivity index (χ4n) is 7.33. The maximum Gasteiger partial charge on any atom is 0.414 e. The van der Waals surface area contributed by atoms with Crippen LogP contribution in [-0.2, 0) is 15.1 Å². The van der Waals surface area contributed by atoms with Crippen LogP contribution in [-0.4, -0.2) is 85.6 Å². The normalized spacial score (nSPS) is 22.3. The highest BCUT2D eigenvalue weighted by molar-refractivity contribution is 6.42. The maximum absolute atomic E-state index is 14.3. The van der Waals surface area contributed by atoms with Crippen LogP contribution in [0.4, 0.5) is 14.9 Å². The van der Waals surface area contributed by atoms with Crippen molar-refractivity contribution in [1.82, 2.24) is 14.7 Å². The first-order valence-electron chi connectivity index (χ1n) is 15.2. The number of piperazine rings is 1. The van der Waals surface area contributed by atoms with Gasteiger partial charge in [0.25, 0.3) is 0 Å². The van der Waals surface area contributed by atoms with Gasteiger partial charge in [-0.05, 0) is 61.7 Å². The van der Waals surface area contributed by atoms with E-state index >= 15 is 0 Å². The number of carbonyl (C=O) groups is 2. The van der Waals surface area contributed by atoms with Crippen LogP contribution in [0.15, 0.2) is 36.4 Å². The van der Waals surface area contributed by atoms with Crippen LogP contribution < -0.4 is 4.90 Å². The van der Waals surface area contributed by atoms with E-state index in [2.05, 4.69) is 9.80 Å². The first kappa shape index (κ1) is 29.7. The molecule has 3 heterocycles. The number of hydrogen-bond donors (Lipinski definition) is 0. The number of rotatable bonds is 6. The smallest absolute Gasteiger partial charge is 0.414 e. The van der Waals surface area contributed by atoms with Gasteiger partial charge in [-0.3, -0.25) is 14.6 Å². The van der Waals surface area contributed by atoms with E-state index < -0.39 is 11.7 Å². The van der Waals surface area contributed by atoms with E-state index in [9.17, 15) is 14.0 Å². The summed E-state index contributed by atoms with van der Waals surface area (Å²) in [5, 5.41) is 0.926. The van der Waals surface area contributed by atoms with Gasteiger partial charge in [-0.1, -0.05) is 42.1 Å². The molecule has 1 spiro atoms. The minimum atomic E-state index is -0.838. The van der Waals surface area contributed by atoms with Crippen molar-refractivity contribution in [1.29, 1.82) is 0 Å². The second-order valence-electron chi connectivity index (χ2n) is 12.2. The van der Waals surface area contributed by atoms with Crippen molar-refractivity contribution in [2.75, 3.05) is 57.8 Å². The molecule has 1 unspecified atom stereocenters. The highest BCUT2D eigenvalue weighted by Gasteiger charge is 2.46. The van der Waals surface area contributed by atoms with Gasteiger partial charge in [0.15, 0.2) is 0 Å². The molecule has 226 valence electrons. The first-order chi connectivity index (χ1) is 20.2. The summed E-state index contributed by atoms with van der Waals surface area (Å²) in [7, 11) is 1.65. The van der Waals surface area contributed by atoms with Crippen LogP contribution in [0, 0.1) is 5.82 Å². The molecule has 42 heavy (non-hydrogen) atoms. The Balaban J connectivity index is 1.13. The molecule has 1 saturated carbocycles. The van der Waals surface area contributed by atoms with Gasteiger partial charge in [0.2, 0.25) is 5.91 Å². The number of likely N-dealkylation sites (tertiary alicyclic amines) is 1. The summed E-state index contributed by atoms with van der Waals surface area (Å²) in [5.74, 6) is -0.528. The topological polar surface area (TPSA) is 56.3 Å². The molecule has 6 rings (SSSR count). The molecule has 1 aliphatic carbocycles. The van der Waals surface area contributed by atoms with Gasteiger partial charge in [-0.2, -0.15) is 0 Å². The Hall–Kier alpha value is -2.39. The number of anilines is 1. The minimum absolute atomic E-state index is 0.140. The lowest BCUT2D eigenvalue weighted by atomic mass is 9.81. The standard InChI is InChI=1S/C32H39Cl2FN4O3/c1-36-29-9-7-23(35)21-26(29)32(42-31(36)41)11-14-37(15-12-32)13-10-25(22-6-8-27(33)28(34)20-22)30(40)39-18-16-38(17-19-39)24-4-2-3-5-24/h6-9,20-21,24-25H,2-5,10-19H2,1H3. The van der Waals surface area contributed by atoms with Crippen LogP contribution in [0.2, 0.25) is 10.0 Å². The number of hydrogen-bond acceptors (Lipinski definition) is 5. The van der Waals surface area contributed by atoms with Crippen LogP contribution in [0.3, 0.4) is 0 Å². The van der Waals surface area contributed by atoms with Gasteiger partial charge < -0.3 is 14.5 Å². The average Bonchev–Trinajstić information content (AvgIpc) is 3.54. The summed E-state index contributed by atoms with van der Waals surface area (Å²) in [5.41, 5.74) is 1.47. The monoisotopic (exact) mass is 616 g/mol. The maximum atomic E-state index is 14.3. The van der Waals surface area contributed by atoms with E-state index in [0.29, 0.717) is 60.7 Å². The van der Waals surface area contributed by atoms with Crippen molar-refractivity contribution in [3.8, 4) is 0 Å². The number of amides is 2. The summed E-state index contributed by atoms with van der Waals surface area (Å²) < 4.78 is 20.2. The fourth-order valence-corrected chi connectivity index (χ4v) is 7.64. The van der Waals surface area contributed by atoms with Gasteiger partial charge in [0, 0.05) is 70.8 Å². The van der Waals surface area contributed by atoms with E-state index in [4.69, 9.17) is 27.9 Å². The van der Waals surface area contributed by atoms with Gasteiger partial charge in [0.1, 0.15) is 11.4 Å². The van der Waals surface area contributed by atoms with E-state index in [1.54, 1.807) is 19.2 Å². The zero-order valence-corrected chi connectivity index (χ0v) is 25.7. The number of fused-ring (bicyclic) bond motifs is 2. The third-order valence-corrected chi connectivity index (χ3v) is 10.6. The molecule has 2 amide bonds. The summed E-state index contributed by atoms with van der Waals surface area (Å²) in [6.07, 6.45) is 6.52. The zero-order valence-electron chi connectivity index (χ0n) is 24.2. The number of halogens is 3. The number of piperidine rings is 1. The van der Waals surface area contributed by atoms with E-state index in [1.165, 1.54) is 42.7 Å². The predicted octanol–water partition coefficient (Wildman–Crippen LogP) is 6.27. The first-order valence-corrected chi connectivity index (χ1v) is 16.0. The van der Waals surface area contributed by atoms with Crippen molar-refractivity contribution in [2.45, 2.75) is 62.5 Å². The summed E-state index contributed by atoms with van der Waals surface area (Å²) in [4.78, 5) is 35.0. The van der Waals surface area contributed by atoms with Gasteiger partial charge in [-0.15, -0.1) is 0 Å². The van der Waals surface area contributed by atoms with Crippen LogP contribution in [0.25, 0.3) is 0 Å². The van der Waals surface area contributed by atoms with Crippen molar-refractivity contribution in [3.05, 3.63) is 63.4 Å². The lowest BCUT2D eigenvalue weighted by Crippen LogP contribution is -2.53. The molecule has 3 fully saturated rings. The number of nitrogens with zero attached hydrogens (tertiary/aromatic N) is 4. The number of carbonyl (C=O) groups excluding carboxylic acids is 2. The zero-order chi connectivity index (χ0) is 29.4. The van der Waals surface area contributed by atoms with Crippen molar-refractivity contribution in [3.63, 3.8) is 0 Å². The van der Waals surface area contributed by atoms with Gasteiger partial charge >= 0.3 is 6.09 Å². The molecule has 0 radical (unpaired) electrons. The molecule has 0 aromatic heterocycles. The van der Waals surface area contributed by atoms with Crippen molar-refractivity contribution < 1.29 is 18.7 Å². The van der Waals surface area contributed by atoms with Gasteiger partial charge in [0.05, 0.1) is 21.7 Å².